The number of hydrogen-bond acceptors (Lipinski definition) is 2. The van der Waals surface area contributed by atoms with Gasteiger partial charge in [0.15, 0.2) is 0 Å². The molecule has 1 aromatic rings. The zero-order valence-corrected chi connectivity index (χ0v) is 15.3. The van der Waals surface area contributed by atoms with Crippen LogP contribution in [0.4, 0.5) is 0 Å². The molecular weight excluding hydrogens is 330 g/mol. The molecule has 1 N–H and O–H groups in total. The number of halogens is 1. The Bertz CT molecular complexity index is 393. The highest BCUT2D eigenvalue weighted by atomic mass is 79.9. The van der Waals surface area contributed by atoms with Gasteiger partial charge in [0.25, 0.3) is 0 Å². The summed E-state index contributed by atoms with van der Waals surface area (Å²) in [6.45, 7) is 6.93. The van der Waals surface area contributed by atoms with Gasteiger partial charge in [-0.1, -0.05) is 26.7 Å². The minimum atomic E-state index is 0.618. The molecule has 1 aliphatic carbocycles. The van der Waals surface area contributed by atoms with Crippen molar-refractivity contribution in [2.45, 2.75) is 58.8 Å². The third kappa shape index (κ3) is 4.85. The fourth-order valence-electron chi connectivity index (χ4n) is 3.38. The van der Waals surface area contributed by atoms with Gasteiger partial charge in [0, 0.05) is 9.35 Å². The van der Waals surface area contributed by atoms with Crippen LogP contribution in [0.2, 0.25) is 0 Å². The summed E-state index contributed by atoms with van der Waals surface area (Å²) >= 11 is 5.57. The summed E-state index contributed by atoms with van der Waals surface area (Å²) in [5.74, 6) is 0.761. The molecule has 1 aliphatic rings. The van der Waals surface area contributed by atoms with Gasteiger partial charge in [-0.05, 0) is 83.9 Å². The third-order valence-electron chi connectivity index (χ3n) is 4.62. The van der Waals surface area contributed by atoms with Gasteiger partial charge in [-0.2, -0.15) is 0 Å². The molecular formula is C17H28BrNS. The molecule has 0 spiro atoms. The molecule has 3 heteroatoms. The van der Waals surface area contributed by atoms with Crippen molar-refractivity contribution < 1.29 is 0 Å². The van der Waals surface area contributed by atoms with Gasteiger partial charge in [-0.25, -0.2) is 0 Å². The Morgan fingerprint density at radius 2 is 2.05 bits per heavy atom. The number of hydrogen-bond donors (Lipinski definition) is 1. The second-order valence-electron chi connectivity index (χ2n) is 6.75. The lowest BCUT2D eigenvalue weighted by Gasteiger charge is -2.29. The normalized spacial score (nSPS) is 18.0. The molecule has 114 valence electrons. The molecule has 0 atom stereocenters. The van der Waals surface area contributed by atoms with Crippen molar-refractivity contribution in [1.29, 1.82) is 0 Å². The van der Waals surface area contributed by atoms with Crippen molar-refractivity contribution in [3.05, 3.63) is 20.8 Å². The Morgan fingerprint density at radius 3 is 2.65 bits per heavy atom. The smallest absolute Gasteiger partial charge is 0.0314 e. The molecule has 20 heavy (non-hydrogen) atoms. The standard InChI is InChI=1S/C17H28BrNS/c1-14(2)13-19-11-10-17(7-3-4-8-17)9-5-16-15(18)6-12-20-16/h6,12,14,19H,3-5,7-11,13H2,1-2H3. The van der Waals surface area contributed by atoms with Crippen LogP contribution in [-0.4, -0.2) is 13.1 Å². The molecule has 0 aliphatic heterocycles. The van der Waals surface area contributed by atoms with E-state index in [2.05, 4.69) is 46.5 Å². The van der Waals surface area contributed by atoms with E-state index in [0.29, 0.717) is 5.41 Å². The van der Waals surface area contributed by atoms with Gasteiger partial charge < -0.3 is 5.32 Å². The predicted octanol–water partition coefficient (Wildman–Crippen LogP) is 5.64. The summed E-state index contributed by atoms with van der Waals surface area (Å²) in [6, 6.07) is 2.19. The fourth-order valence-corrected chi connectivity index (χ4v) is 4.93. The molecule has 1 fully saturated rings. The fraction of sp³-hybridized carbons (Fsp3) is 0.765. The van der Waals surface area contributed by atoms with Crippen LogP contribution in [0, 0.1) is 11.3 Å². The molecule has 1 nitrogen and oxygen atoms in total. The van der Waals surface area contributed by atoms with Gasteiger partial charge in [0.05, 0.1) is 0 Å². The number of aryl methyl sites for hydroxylation is 1. The highest BCUT2D eigenvalue weighted by Crippen LogP contribution is 2.45. The van der Waals surface area contributed by atoms with Crippen molar-refractivity contribution in [2.75, 3.05) is 13.1 Å². The van der Waals surface area contributed by atoms with Gasteiger partial charge in [0.1, 0.15) is 0 Å². The topological polar surface area (TPSA) is 12.0 Å². The minimum Gasteiger partial charge on any atom is -0.316 e. The summed E-state index contributed by atoms with van der Waals surface area (Å²) < 4.78 is 1.31. The van der Waals surface area contributed by atoms with Crippen LogP contribution in [-0.2, 0) is 6.42 Å². The van der Waals surface area contributed by atoms with Gasteiger partial charge >= 0.3 is 0 Å². The van der Waals surface area contributed by atoms with Crippen molar-refractivity contribution in [3.8, 4) is 0 Å². The molecule has 0 amide bonds. The summed E-state index contributed by atoms with van der Waals surface area (Å²) in [5.41, 5.74) is 0.618. The zero-order chi connectivity index (χ0) is 14.4. The first-order valence-electron chi connectivity index (χ1n) is 8.04. The summed E-state index contributed by atoms with van der Waals surface area (Å²) in [7, 11) is 0. The van der Waals surface area contributed by atoms with Crippen LogP contribution < -0.4 is 5.32 Å². The van der Waals surface area contributed by atoms with Crippen LogP contribution in [0.5, 0.6) is 0 Å². The number of nitrogens with one attached hydrogen (secondary N) is 1. The van der Waals surface area contributed by atoms with Crippen molar-refractivity contribution in [1.82, 2.24) is 5.32 Å². The van der Waals surface area contributed by atoms with Crippen molar-refractivity contribution in [3.63, 3.8) is 0 Å². The Hall–Kier alpha value is 0.140. The average molecular weight is 358 g/mol. The summed E-state index contributed by atoms with van der Waals surface area (Å²) in [6.07, 6.45) is 9.75. The van der Waals surface area contributed by atoms with E-state index < -0.39 is 0 Å². The van der Waals surface area contributed by atoms with E-state index in [1.54, 1.807) is 0 Å². The lowest BCUT2D eigenvalue weighted by molar-refractivity contribution is 0.244. The lowest BCUT2D eigenvalue weighted by Crippen LogP contribution is -2.27. The second-order valence-corrected chi connectivity index (χ2v) is 8.60. The highest BCUT2D eigenvalue weighted by molar-refractivity contribution is 9.10. The first-order chi connectivity index (χ1) is 9.61. The highest BCUT2D eigenvalue weighted by Gasteiger charge is 2.32. The van der Waals surface area contributed by atoms with Crippen LogP contribution in [0.25, 0.3) is 0 Å². The Kier molecular flexibility index (Phi) is 6.57. The number of rotatable bonds is 8. The SMILES string of the molecule is CC(C)CNCCC1(CCc2sccc2Br)CCCC1. The largest absolute Gasteiger partial charge is 0.316 e. The molecule has 1 heterocycles. The maximum absolute atomic E-state index is 3.67. The number of thiophene rings is 1. The van der Waals surface area contributed by atoms with Gasteiger partial charge in [0.2, 0.25) is 0 Å². The summed E-state index contributed by atoms with van der Waals surface area (Å²) in [4.78, 5) is 1.53. The molecule has 0 saturated heterocycles. The van der Waals surface area contributed by atoms with E-state index in [1.165, 1.54) is 60.8 Å². The van der Waals surface area contributed by atoms with Crippen LogP contribution in [0.15, 0.2) is 15.9 Å². The third-order valence-corrected chi connectivity index (χ3v) is 6.61. The molecule has 2 rings (SSSR count). The van der Waals surface area contributed by atoms with Gasteiger partial charge in [-0.3, -0.25) is 0 Å². The van der Waals surface area contributed by atoms with E-state index in [-0.39, 0.29) is 0 Å². The molecule has 0 aromatic carbocycles. The Morgan fingerprint density at radius 1 is 1.30 bits per heavy atom. The monoisotopic (exact) mass is 357 g/mol. The Balaban J connectivity index is 1.81. The minimum absolute atomic E-state index is 0.618. The van der Waals surface area contributed by atoms with E-state index in [1.807, 2.05) is 11.3 Å². The maximum Gasteiger partial charge on any atom is 0.0314 e. The molecule has 0 bridgehead atoms. The van der Waals surface area contributed by atoms with Crippen LogP contribution >= 0.6 is 27.3 Å². The summed E-state index contributed by atoms with van der Waals surface area (Å²) in [5, 5.41) is 5.83. The Labute approximate surface area is 136 Å². The lowest BCUT2D eigenvalue weighted by atomic mass is 9.78. The van der Waals surface area contributed by atoms with E-state index >= 15 is 0 Å². The van der Waals surface area contributed by atoms with Crippen molar-refractivity contribution in [2.24, 2.45) is 11.3 Å². The molecule has 1 saturated carbocycles. The zero-order valence-electron chi connectivity index (χ0n) is 12.9. The first kappa shape index (κ1) is 16.5. The van der Waals surface area contributed by atoms with E-state index in [9.17, 15) is 0 Å². The second kappa shape index (κ2) is 7.95. The first-order valence-corrected chi connectivity index (χ1v) is 9.71. The molecule has 0 unspecified atom stereocenters. The average Bonchev–Trinajstić information content (AvgIpc) is 3.02. The maximum atomic E-state index is 3.67. The van der Waals surface area contributed by atoms with Crippen molar-refractivity contribution >= 4 is 27.3 Å². The van der Waals surface area contributed by atoms with E-state index in [4.69, 9.17) is 0 Å². The molecule has 0 radical (unpaired) electrons. The quantitative estimate of drug-likeness (QED) is 0.593. The van der Waals surface area contributed by atoms with E-state index in [0.717, 1.165) is 12.5 Å². The molecule has 1 aromatic heterocycles. The van der Waals surface area contributed by atoms with Gasteiger partial charge in [-0.15, -0.1) is 11.3 Å². The van der Waals surface area contributed by atoms with Crippen LogP contribution in [0.1, 0.15) is 57.2 Å². The predicted molar refractivity (Wildman–Crippen MR) is 93.6 cm³/mol. The van der Waals surface area contributed by atoms with Crippen LogP contribution in [0.3, 0.4) is 0 Å².